The second-order valence-corrected chi connectivity index (χ2v) is 7.87. The number of hydrogen-bond acceptors (Lipinski definition) is 3. The molecule has 2 amide bonds. The molecule has 5 nitrogen and oxygen atoms in total. The Morgan fingerprint density at radius 3 is 2.44 bits per heavy atom. The minimum Gasteiger partial charge on any atom is -0.483 e. The molecule has 0 spiro atoms. The van der Waals surface area contributed by atoms with Crippen molar-refractivity contribution in [2.45, 2.75) is 45.8 Å². The van der Waals surface area contributed by atoms with Crippen molar-refractivity contribution < 1.29 is 18.7 Å². The van der Waals surface area contributed by atoms with Crippen molar-refractivity contribution in [2.24, 2.45) is 0 Å². The highest BCUT2D eigenvalue weighted by Crippen LogP contribution is 2.25. The number of fused-ring (bicyclic) bond motifs is 1. The van der Waals surface area contributed by atoms with Crippen LogP contribution in [0.25, 0.3) is 10.8 Å². The summed E-state index contributed by atoms with van der Waals surface area (Å²) in [6.45, 7) is 5.23. The van der Waals surface area contributed by atoms with E-state index in [1.165, 1.54) is 11.0 Å². The second-order valence-electron chi connectivity index (χ2n) is 7.87. The number of carbonyl (C=O) groups is 2. The zero-order chi connectivity index (χ0) is 23.1. The lowest BCUT2D eigenvalue weighted by atomic mass is 10.1. The van der Waals surface area contributed by atoms with Crippen molar-refractivity contribution >= 4 is 22.6 Å². The topological polar surface area (TPSA) is 58.6 Å². The first kappa shape index (κ1) is 23.3. The summed E-state index contributed by atoms with van der Waals surface area (Å²) in [4.78, 5) is 27.3. The number of hydrogen-bond donors (Lipinski definition) is 1. The number of halogens is 1. The van der Waals surface area contributed by atoms with Gasteiger partial charge in [-0.1, -0.05) is 61.5 Å². The van der Waals surface area contributed by atoms with Crippen LogP contribution < -0.4 is 10.1 Å². The van der Waals surface area contributed by atoms with Gasteiger partial charge in [-0.2, -0.15) is 0 Å². The van der Waals surface area contributed by atoms with E-state index in [1.54, 1.807) is 31.2 Å². The first-order chi connectivity index (χ1) is 15.4. The van der Waals surface area contributed by atoms with E-state index in [2.05, 4.69) is 5.32 Å². The highest BCUT2D eigenvalue weighted by molar-refractivity contribution is 5.90. The van der Waals surface area contributed by atoms with Crippen LogP contribution in [0.3, 0.4) is 0 Å². The van der Waals surface area contributed by atoms with Crippen molar-refractivity contribution in [1.29, 1.82) is 0 Å². The molecule has 0 radical (unpaired) electrons. The first-order valence-electron chi connectivity index (χ1n) is 10.8. The molecule has 0 aliphatic carbocycles. The predicted octanol–water partition coefficient (Wildman–Crippen LogP) is 4.69. The molecule has 0 heterocycles. The van der Waals surface area contributed by atoms with Gasteiger partial charge in [0.15, 0.2) is 6.61 Å². The number of nitrogens with one attached hydrogen (secondary N) is 1. The first-order valence-corrected chi connectivity index (χ1v) is 10.8. The van der Waals surface area contributed by atoms with Gasteiger partial charge in [0, 0.05) is 23.5 Å². The molecule has 6 heteroatoms. The average molecular weight is 437 g/mol. The van der Waals surface area contributed by atoms with Crippen molar-refractivity contribution in [2.75, 3.05) is 6.61 Å². The van der Waals surface area contributed by atoms with Crippen LogP contribution in [-0.2, 0) is 16.1 Å². The Bertz CT molecular complexity index is 1080. The summed E-state index contributed by atoms with van der Waals surface area (Å²) in [5.41, 5.74) is 0.342. The molecule has 3 rings (SSSR count). The molecule has 32 heavy (non-hydrogen) atoms. The minimum atomic E-state index is -0.785. The van der Waals surface area contributed by atoms with Gasteiger partial charge in [-0.05, 0) is 37.8 Å². The van der Waals surface area contributed by atoms with E-state index in [0.29, 0.717) is 11.3 Å². The van der Waals surface area contributed by atoms with Gasteiger partial charge in [-0.3, -0.25) is 9.59 Å². The molecule has 2 atom stereocenters. The molecular weight excluding hydrogens is 407 g/mol. The number of ether oxygens (including phenoxy) is 1. The van der Waals surface area contributed by atoms with Gasteiger partial charge in [-0.15, -0.1) is 0 Å². The Morgan fingerprint density at radius 2 is 1.69 bits per heavy atom. The molecule has 168 valence electrons. The summed E-state index contributed by atoms with van der Waals surface area (Å²) in [5, 5.41) is 4.79. The van der Waals surface area contributed by atoms with Crippen LogP contribution in [0.15, 0.2) is 66.7 Å². The third kappa shape index (κ3) is 5.63. The Hall–Kier alpha value is -3.41. The van der Waals surface area contributed by atoms with E-state index in [0.717, 1.165) is 17.2 Å². The van der Waals surface area contributed by atoms with Gasteiger partial charge >= 0.3 is 0 Å². The van der Waals surface area contributed by atoms with Crippen LogP contribution >= 0.6 is 0 Å². The van der Waals surface area contributed by atoms with Crippen molar-refractivity contribution in [3.63, 3.8) is 0 Å². The monoisotopic (exact) mass is 436 g/mol. The van der Waals surface area contributed by atoms with Crippen LogP contribution in [0.5, 0.6) is 5.75 Å². The van der Waals surface area contributed by atoms with E-state index < -0.39 is 17.8 Å². The van der Waals surface area contributed by atoms with Crippen LogP contribution in [0.4, 0.5) is 4.39 Å². The zero-order valence-corrected chi connectivity index (χ0v) is 18.7. The number of nitrogens with zero attached hydrogens (tertiary/aromatic N) is 1. The Balaban J connectivity index is 1.80. The highest BCUT2D eigenvalue weighted by Gasteiger charge is 2.28. The van der Waals surface area contributed by atoms with Gasteiger partial charge in [-0.25, -0.2) is 4.39 Å². The molecule has 0 aromatic heterocycles. The lowest BCUT2D eigenvalue weighted by molar-refractivity contribution is -0.142. The largest absolute Gasteiger partial charge is 0.483 e. The second kappa shape index (κ2) is 10.8. The SMILES string of the molecule is CC[C@H](C)NC(=O)[C@H](C)N(Cc1ccccc1F)C(=O)COc1cccc2ccccc12. The number of amides is 2. The minimum absolute atomic E-state index is 0.0257. The van der Waals surface area contributed by atoms with E-state index in [-0.39, 0.29) is 25.1 Å². The van der Waals surface area contributed by atoms with Crippen LogP contribution in [0.2, 0.25) is 0 Å². The molecule has 0 aliphatic heterocycles. The van der Waals surface area contributed by atoms with Gasteiger partial charge in [0.05, 0.1) is 0 Å². The fraction of sp³-hybridized carbons (Fsp3) is 0.308. The number of rotatable bonds is 9. The normalized spacial score (nSPS) is 12.8. The maximum Gasteiger partial charge on any atom is 0.261 e. The lowest BCUT2D eigenvalue weighted by Gasteiger charge is -2.29. The molecule has 0 bridgehead atoms. The Morgan fingerprint density at radius 1 is 1.00 bits per heavy atom. The fourth-order valence-electron chi connectivity index (χ4n) is 3.40. The quantitative estimate of drug-likeness (QED) is 0.529. The molecule has 1 N–H and O–H groups in total. The summed E-state index contributed by atoms with van der Waals surface area (Å²) < 4.78 is 20.1. The predicted molar refractivity (Wildman–Crippen MR) is 124 cm³/mol. The molecule has 0 aliphatic rings. The van der Waals surface area contributed by atoms with Gasteiger partial charge in [0.2, 0.25) is 5.91 Å². The molecular formula is C26H29FN2O3. The van der Waals surface area contributed by atoms with Crippen LogP contribution in [0.1, 0.15) is 32.8 Å². The standard InChI is InChI=1S/C26H29FN2O3/c1-4-18(2)28-26(31)19(3)29(16-21-11-6-8-14-23(21)27)25(30)17-32-24-15-9-12-20-10-5-7-13-22(20)24/h5-15,18-19H,4,16-17H2,1-3H3,(H,28,31)/t18-,19-/m0/s1. The number of benzene rings is 3. The zero-order valence-electron chi connectivity index (χ0n) is 18.7. The van der Waals surface area contributed by atoms with E-state index in [1.807, 2.05) is 50.2 Å². The maximum atomic E-state index is 14.3. The summed E-state index contributed by atoms with van der Waals surface area (Å²) in [6.07, 6.45) is 0.768. The smallest absolute Gasteiger partial charge is 0.261 e. The summed E-state index contributed by atoms with van der Waals surface area (Å²) in [6, 6.07) is 18.8. The molecule has 0 saturated carbocycles. The summed E-state index contributed by atoms with van der Waals surface area (Å²) in [5.74, 6) is -0.518. The van der Waals surface area contributed by atoms with E-state index in [4.69, 9.17) is 4.74 Å². The van der Waals surface area contributed by atoms with Gasteiger partial charge in [0.25, 0.3) is 5.91 Å². The lowest BCUT2D eigenvalue weighted by Crippen LogP contribution is -2.50. The highest BCUT2D eigenvalue weighted by atomic mass is 19.1. The third-order valence-electron chi connectivity index (χ3n) is 5.57. The molecule has 3 aromatic rings. The molecule has 3 aromatic carbocycles. The summed E-state index contributed by atoms with van der Waals surface area (Å²) in [7, 11) is 0. The van der Waals surface area contributed by atoms with E-state index in [9.17, 15) is 14.0 Å². The maximum absolute atomic E-state index is 14.3. The molecule has 0 saturated heterocycles. The van der Waals surface area contributed by atoms with Crippen molar-refractivity contribution in [3.05, 3.63) is 78.1 Å². The van der Waals surface area contributed by atoms with E-state index >= 15 is 0 Å². The van der Waals surface area contributed by atoms with Gasteiger partial charge in [0.1, 0.15) is 17.6 Å². The van der Waals surface area contributed by atoms with Crippen LogP contribution in [-0.4, -0.2) is 35.4 Å². The van der Waals surface area contributed by atoms with Crippen molar-refractivity contribution in [1.82, 2.24) is 10.2 Å². The Labute approximate surface area is 188 Å². The Kier molecular flexibility index (Phi) is 7.82. The third-order valence-corrected chi connectivity index (χ3v) is 5.57. The van der Waals surface area contributed by atoms with Crippen molar-refractivity contribution in [3.8, 4) is 5.75 Å². The average Bonchev–Trinajstić information content (AvgIpc) is 2.81. The number of carbonyl (C=O) groups excluding carboxylic acids is 2. The van der Waals surface area contributed by atoms with Gasteiger partial charge < -0.3 is 15.0 Å². The molecule has 0 fully saturated rings. The van der Waals surface area contributed by atoms with Crippen LogP contribution in [0, 0.1) is 5.82 Å². The fourth-order valence-corrected chi connectivity index (χ4v) is 3.40. The molecule has 0 unspecified atom stereocenters. The summed E-state index contributed by atoms with van der Waals surface area (Å²) >= 11 is 0.